The zero-order valence-corrected chi connectivity index (χ0v) is 18.3. The summed E-state index contributed by atoms with van der Waals surface area (Å²) in [6.45, 7) is 12.2. The van der Waals surface area contributed by atoms with Gasteiger partial charge in [0, 0.05) is 16.5 Å². The first kappa shape index (κ1) is 21.2. The lowest BCUT2D eigenvalue weighted by atomic mass is 9.85. The van der Waals surface area contributed by atoms with E-state index in [2.05, 4.69) is 38.4 Å². The van der Waals surface area contributed by atoms with E-state index in [9.17, 15) is 4.79 Å². The van der Waals surface area contributed by atoms with Gasteiger partial charge in [0.1, 0.15) is 5.69 Å². The van der Waals surface area contributed by atoms with Crippen LogP contribution >= 0.6 is 11.6 Å². The standard InChI is InChI=1S/C25H27ClN2O/c1-6-18-19(13-15(3)4)24(17-12-11-16(5)20(26)14-17)28-25(18)22-10-8-9-21(27-22)23(29)7-2/h7-12,14-15,18H,2,6,13H2,1,3-5H3. The van der Waals surface area contributed by atoms with E-state index in [0.29, 0.717) is 11.6 Å². The zero-order valence-electron chi connectivity index (χ0n) is 17.5. The first-order valence-corrected chi connectivity index (χ1v) is 10.5. The second kappa shape index (κ2) is 8.87. The zero-order chi connectivity index (χ0) is 21.1. The molecule has 4 heteroatoms. The molecule has 1 unspecified atom stereocenters. The lowest BCUT2D eigenvalue weighted by Crippen LogP contribution is -2.17. The van der Waals surface area contributed by atoms with Crippen molar-refractivity contribution in [3.8, 4) is 0 Å². The molecule has 3 rings (SSSR count). The van der Waals surface area contributed by atoms with Gasteiger partial charge in [0.25, 0.3) is 0 Å². The largest absolute Gasteiger partial charge is 0.288 e. The van der Waals surface area contributed by atoms with E-state index in [0.717, 1.165) is 46.1 Å². The predicted octanol–water partition coefficient (Wildman–Crippen LogP) is 6.70. The molecule has 1 aromatic heterocycles. The maximum Gasteiger partial charge on any atom is 0.203 e. The van der Waals surface area contributed by atoms with Crippen LogP contribution in [0.2, 0.25) is 5.02 Å². The van der Waals surface area contributed by atoms with Crippen molar-refractivity contribution in [1.82, 2.24) is 4.98 Å². The third-order valence-corrected chi connectivity index (χ3v) is 5.63. The Bertz CT molecular complexity index is 1020. The SMILES string of the molecule is C=CC(=O)c1cccc(C2=NC(c3ccc(C)c(Cl)c3)=C(CC(C)C)C2CC)n1. The second-order valence-corrected chi connectivity index (χ2v) is 8.28. The molecule has 1 atom stereocenters. The molecular formula is C25H27ClN2O. The van der Waals surface area contributed by atoms with E-state index < -0.39 is 0 Å². The third-order valence-electron chi connectivity index (χ3n) is 5.22. The molecule has 0 N–H and O–H groups in total. The summed E-state index contributed by atoms with van der Waals surface area (Å²) in [5, 5.41) is 0.743. The van der Waals surface area contributed by atoms with Crippen LogP contribution in [0.4, 0.5) is 0 Å². The Labute approximate surface area is 178 Å². The molecule has 0 bridgehead atoms. The minimum absolute atomic E-state index is 0.175. The fraction of sp³-hybridized carbons (Fsp3) is 0.320. The number of carbonyl (C=O) groups excluding carboxylic acids is 1. The summed E-state index contributed by atoms with van der Waals surface area (Å²) in [5.41, 5.74) is 6.46. The number of aliphatic imine (C=N–C) groups is 1. The monoisotopic (exact) mass is 406 g/mol. The molecule has 29 heavy (non-hydrogen) atoms. The molecule has 3 nitrogen and oxygen atoms in total. The summed E-state index contributed by atoms with van der Waals surface area (Å²) >= 11 is 6.41. The smallest absolute Gasteiger partial charge is 0.203 e. The Kier molecular flexibility index (Phi) is 6.49. The lowest BCUT2D eigenvalue weighted by molar-refractivity contribution is 0.104. The Hall–Kier alpha value is -2.52. The fourth-order valence-electron chi connectivity index (χ4n) is 3.76. The van der Waals surface area contributed by atoms with Crippen molar-refractivity contribution in [3.05, 3.63) is 82.2 Å². The van der Waals surface area contributed by atoms with Gasteiger partial charge in [-0.25, -0.2) is 9.98 Å². The maximum atomic E-state index is 12.1. The van der Waals surface area contributed by atoms with Gasteiger partial charge in [0.15, 0.2) is 0 Å². The van der Waals surface area contributed by atoms with Crippen LogP contribution in [0.3, 0.4) is 0 Å². The Morgan fingerprint density at radius 3 is 2.66 bits per heavy atom. The average molecular weight is 407 g/mol. The highest BCUT2D eigenvalue weighted by Gasteiger charge is 2.31. The van der Waals surface area contributed by atoms with Crippen molar-refractivity contribution in [2.75, 3.05) is 0 Å². The van der Waals surface area contributed by atoms with Gasteiger partial charge in [-0.15, -0.1) is 0 Å². The molecule has 2 aromatic rings. The highest BCUT2D eigenvalue weighted by molar-refractivity contribution is 6.31. The Balaban J connectivity index is 2.13. The quantitative estimate of drug-likeness (QED) is 0.379. The van der Waals surface area contributed by atoms with E-state index >= 15 is 0 Å². The number of hydrogen-bond acceptors (Lipinski definition) is 3. The van der Waals surface area contributed by atoms with Crippen LogP contribution in [0.1, 0.15) is 60.9 Å². The van der Waals surface area contributed by atoms with Crippen LogP contribution in [0.15, 0.2) is 59.6 Å². The van der Waals surface area contributed by atoms with Crippen LogP contribution < -0.4 is 0 Å². The normalized spacial score (nSPS) is 16.3. The predicted molar refractivity (Wildman–Crippen MR) is 122 cm³/mol. The van der Waals surface area contributed by atoms with Crippen molar-refractivity contribution >= 4 is 28.8 Å². The number of nitrogens with zero attached hydrogens (tertiary/aromatic N) is 2. The molecule has 1 aliphatic rings. The van der Waals surface area contributed by atoms with Gasteiger partial charge in [-0.3, -0.25) is 4.79 Å². The topological polar surface area (TPSA) is 42.3 Å². The molecule has 150 valence electrons. The molecule has 1 aliphatic heterocycles. The van der Waals surface area contributed by atoms with Crippen molar-refractivity contribution in [1.29, 1.82) is 0 Å². The van der Waals surface area contributed by atoms with Crippen molar-refractivity contribution in [2.45, 2.75) is 40.5 Å². The molecule has 0 spiro atoms. The summed E-state index contributed by atoms with van der Waals surface area (Å²) in [5.74, 6) is 0.500. The molecule has 0 saturated carbocycles. The van der Waals surface area contributed by atoms with Crippen LogP contribution in [0.25, 0.3) is 5.70 Å². The average Bonchev–Trinajstić information content (AvgIpc) is 3.07. The molecule has 0 saturated heterocycles. The van der Waals surface area contributed by atoms with E-state index in [1.54, 1.807) is 6.07 Å². The number of pyridine rings is 1. The van der Waals surface area contributed by atoms with Crippen LogP contribution in [0.5, 0.6) is 0 Å². The van der Waals surface area contributed by atoms with E-state index in [1.165, 1.54) is 11.6 Å². The van der Waals surface area contributed by atoms with Crippen molar-refractivity contribution in [3.63, 3.8) is 0 Å². The van der Waals surface area contributed by atoms with Gasteiger partial charge in [0.05, 0.1) is 17.1 Å². The number of halogens is 1. The number of benzene rings is 1. The molecule has 0 aliphatic carbocycles. The number of aryl methyl sites for hydroxylation is 1. The van der Waals surface area contributed by atoms with Gasteiger partial charge in [-0.2, -0.15) is 0 Å². The molecule has 0 radical (unpaired) electrons. The summed E-state index contributed by atoms with van der Waals surface area (Å²) < 4.78 is 0. The van der Waals surface area contributed by atoms with Crippen LogP contribution in [-0.4, -0.2) is 16.5 Å². The highest BCUT2D eigenvalue weighted by atomic mass is 35.5. The summed E-state index contributed by atoms with van der Waals surface area (Å²) in [6, 6.07) is 11.6. The number of ketones is 1. The third kappa shape index (κ3) is 4.40. The lowest BCUT2D eigenvalue weighted by Gasteiger charge is -2.18. The van der Waals surface area contributed by atoms with Gasteiger partial charge in [-0.1, -0.05) is 57.2 Å². The van der Waals surface area contributed by atoms with Gasteiger partial charge in [0.2, 0.25) is 5.78 Å². The second-order valence-electron chi connectivity index (χ2n) is 7.87. The number of rotatable bonds is 7. The number of aromatic nitrogens is 1. The molecule has 2 heterocycles. The number of carbonyl (C=O) groups is 1. The first-order valence-electron chi connectivity index (χ1n) is 10.1. The molecular weight excluding hydrogens is 380 g/mol. The van der Waals surface area contributed by atoms with E-state index in [1.807, 2.05) is 31.2 Å². The Morgan fingerprint density at radius 2 is 2.03 bits per heavy atom. The molecule has 0 amide bonds. The van der Waals surface area contributed by atoms with Gasteiger partial charge >= 0.3 is 0 Å². The van der Waals surface area contributed by atoms with Gasteiger partial charge < -0.3 is 0 Å². The molecule has 1 aromatic carbocycles. The number of hydrogen-bond donors (Lipinski definition) is 0. The molecule has 0 fully saturated rings. The highest BCUT2D eigenvalue weighted by Crippen LogP contribution is 2.40. The minimum atomic E-state index is -0.181. The van der Waals surface area contributed by atoms with Crippen LogP contribution in [-0.2, 0) is 0 Å². The van der Waals surface area contributed by atoms with E-state index in [-0.39, 0.29) is 11.7 Å². The summed E-state index contributed by atoms with van der Waals surface area (Å²) in [7, 11) is 0. The summed E-state index contributed by atoms with van der Waals surface area (Å²) in [6.07, 6.45) is 3.17. The van der Waals surface area contributed by atoms with Crippen molar-refractivity contribution < 1.29 is 4.79 Å². The minimum Gasteiger partial charge on any atom is -0.288 e. The van der Waals surface area contributed by atoms with Gasteiger partial charge in [-0.05, 0) is 61.1 Å². The van der Waals surface area contributed by atoms with E-state index in [4.69, 9.17) is 16.6 Å². The number of allylic oxidation sites excluding steroid dienone is 2. The summed E-state index contributed by atoms with van der Waals surface area (Å²) in [4.78, 5) is 21.7. The van der Waals surface area contributed by atoms with Crippen molar-refractivity contribution in [2.24, 2.45) is 16.8 Å². The Morgan fingerprint density at radius 1 is 1.28 bits per heavy atom. The maximum absolute atomic E-state index is 12.1. The fourth-order valence-corrected chi connectivity index (χ4v) is 3.94. The van der Waals surface area contributed by atoms with Crippen LogP contribution in [0, 0.1) is 18.8 Å². The first-order chi connectivity index (χ1) is 13.8.